The third kappa shape index (κ3) is 4.10. The summed E-state index contributed by atoms with van der Waals surface area (Å²) in [5.74, 6) is -1.24. The second kappa shape index (κ2) is 8.49. The number of benzene rings is 2. The van der Waals surface area contributed by atoms with Crippen LogP contribution in [0.4, 0.5) is 0 Å². The number of carbonyl (C=O) groups is 4. The van der Waals surface area contributed by atoms with E-state index in [9.17, 15) is 19.2 Å². The van der Waals surface area contributed by atoms with Gasteiger partial charge in [-0.1, -0.05) is 42.5 Å². The first kappa shape index (κ1) is 19.8. The summed E-state index contributed by atoms with van der Waals surface area (Å²) in [7, 11) is 0. The molecular formula is C23H23N3O4. The van der Waals surface area contributed by atoms with Crippen LogP contribution in [0.1, 0.15) is 39.1 Å². The van der Waals surface area contributed by atoms with E-state index in [1.807, 2.05) is 30.3 Å². The molecule has 0 aromatic heterocycles. The van der Waals surface area contributed by atoms with Crippen molar-refractivity contribution in [2.45, 2.75) is 25.3 Å². The van der Waals surface area contributed by atoms with Crippen LogP contribution in [0.2, 0.25) is 0 Å². The quantitative estimate of drug-likeness (QED) is 0.514. The van der Waals surface area contributed by atoms with E-state index in [0.717, 1.165) is 23.3 Å². The number of hydrogen-bond donors (Lipinski definition) is 2. The fourth-order valence-electron chi connectivity index (χ4n) is 3.61. The fourth-order valence-corrected chi connectivity index (χ4v) is 3.61. The first-order valence-corrected chi connectivity index (χ1v) is 10.1. The molecule has 1 aliphatic carbocycles. The Morgan fingerprint density at radius 2 is 1.43 bits per heavy atom. The van der Waals surface area contributed by atoms with Gasteiger partial charge in [0.15, 0.2) is 0 Å². The number of rotatable bonds is 8. The van der Waals surface area contributed by atoms with Gasteiger partial charge < -0.3 is 10.6 Å². The zero-order valence-electron chi connectivity index (χ0n) is 16.5. The Balaban J connectivity index is 1.48. The van der Waals surface area contributed by atoms with Crippen molar-refractivity contribution >= 4 is 23.6 Å². The van der Waals surface area contributed by atoms with E-state index in [1.165, 1.54) is 0 Å². The first-order chi connectivity index (χ1) is 14.6. The van der Waals surface area contributed by atoms with Crippen LogP contribution < -0.4 is 10.6 Å². The van der Waals surface area contributed by atoms with Crippen LogP contribution in [0, 0.1) is 5.92 Å². The molecule has 2 aliphatic rings. The lowest BCUT2D eigenvalue weighted by Gasteiger charge is -2.25. The van der Waals surface area contributed by atoms with E-state index in [1.54, 1.807) is 24.3 Å². The molecular weight excluding hydrogens is 382 g/mol. The molecule has 2 aromatic rings. The Morgan fingerprint density at radius 3 is 2.03 bits per heavy atom. The molecule has 4 amide bonds. The van der Waals surface area contributed by atoms with Crippen molar-refractivity contribution < 1.29 is 19.2 Å². The molecule has 2 N–H and O–H groups in total. The number of hydrogen-bond acceptors (Lipinski definition) is 4. The highest BCUT2D eigenvalue weighted by Crippen LogP contribution is 2.28. The molecule has 1 atom stereocenters. The van der Waals surface area contributed by atoms with Crippen LogP contribution in [-0.4, -0.2) is 47.7 Å². The van der Waals surface area contributed by atoms with Crippen LogP contribution in [0.15, 0.2) is 54.6 Å². The second-order valence-electron chi connectivity index (χ2n) is 7.59. The Bertz CT molecular complexity index is 950. The molecule has 154 valence electrons. The lowest BCUT2D eigenvalue weighted by Crippen LogP contribution is -2.51. The van der Waals surface area contributed by atoms with E-state index in [2.05, 4.69) is 10.6 Å². The molecule has 0 saturated heterocycles. The first-order valence-electron chi connectivity index (χ1n) is 10.1. The van der Waals surface area contributed by atoms with Gasteiger partial charge in [-0.3, -0.25) is 24.1 Å². The molecule has 7 nitrogen and oxygen atoms in total. The lowest BCUT2D eigenvalue weighted by molar-refractivity contribution is -0.125. The monoisotopic (exact) mass is 405 g/mol. The van der Waals surface area contributed by atoms with E-state index in [0.29, 0.717) is 17.7 Å². The third-order valence-electron chi connectivity index (χ3n) is 5.38. The van der Waals surface area contributed by atoms with Gasteiger partial charge in [0.1, 0.15) is 6.04 Å². The van der Waals surface area contributed by atoms with Crippen molar-refractivity contribution in [1.82, 2.24) is 15.5 Å². The van der Waals surface area contributed by atoms with Crippen molar-refractivity contribution in [3.05, 3.63) is 71.3 Å². The zero-order chi connectivity index (χ0) is 21.1. The van der Waals surface area contributed by atoms with E-state index in [4.69, 9.17) is 0 Å². The molecule has 2 aromatic carbocycles. The predicted octanol–water partition coefficient (Wildman–Crippen LogP) is 1.54. The highest BCUT2D eigenvalue weighted by Gasteiger charge is 2.42. The van der Waals surface area contributed by atoms with Crippen LogP contribution in [0.5, 0.6) is 0 Å². The summed E-state index contributed by atoms with van der Waals surface area (Å²) in [4.78, 5) is 51.6. The smallest absolute Gasteiger partial charge is 0.262 e. The van der Waals surface area contributed by atoms with Gasteiger partial charge >= 0.3 is 0 Å². The molecule has 1 fully saturated rings. The number of carbonyl (C=O) groups excluding carboxylic acids is 4. The molecule has 1 aliphatic heterocycles. The van der Waals surface area contributed by atoms with Gasteiger partial charge in [-0.2, -0.15) is 0 Å². The Kier molecular flexibility index (Phi) is 5.61. The standard InChI is InChI=1S/C23H23N3O4/c27-20(16-10-11-16)24-12-13-25-21(28)19(14-15-6-2-1-3-7-15)26-22(29)17-8-4-5-9-18(17)23(26)30/h1-9,16,19H,10-14H2,(H,24,27)(H,25,28). The van der Waals surface area contributed by atoms with Crippen molar-refractivity contribution in [1.29, 1.82) is 0 Å². The second-order valence-corrected chi connectivity index (χ2v) is 7.59. The zero-order valence-corrected chi connectivity index (χ0v) is 16.5. The van der Waals surface area contributed by atoms with Gasteiger partial charge in [0.05, 0.1) is 11.1 Å². The number of nitrogens with one attached hydrogen (secondary N) is 2. The summed E-state index contributed by atoms with van der Waals surface area (Å²) in [6, 6.07) is 14.9. The van der Waals surface area contributed by atoms with Gasteiger partial charge in [0.2, 0.25) is 11.8 Å². The summed E-state index contributed by atoms with van der Waals surface area (Å²) < 4.78 is 0. The maximum atomic E-state index is 13.0. The Hall–Kier alpha value is -3.48. The average molecular weight is 405 g/mol. The van der Waals surface area contributed by atoms with Gasteiger partial charge in [0, 0.05) is 25.4 Å². The van der Waals surface area contributed by atoms with Gasteiger partial charge in [-0.15, -0.1) is 0 Å². The van der Waals surface area contributed by atoms with Crippen molar-refractivity contribution in [3.8, 4) is 0 Å². The molecule has 1 heterocycles. The average Bonchev–Trinajstić information content (AvgIpc) is 3.58. The Labute approximate surface area is 174 Å². The van der Waals surface area contributed by atoms with E-state index < -0.39 is 23.8 Å². The minimum absolute atomic E-state index is 0.00503. The minimum Gasteiger partial charge on any atom is -0.354 e. The van der Waals surface area contributed by atoms with Crippen LogP contribution in [0.25, 0.3) is 0 Å². The SMILES string of the molecule is O=C(NCCNC(=O)C(Cc1ccccc1)N1C(=O)c2ccccc2C1=O)C1CC1. The minimum atomic E-state index is -0.973. The molecule has 0 radical (unpaired) electrons. The van der Waals surface area contributed by atoms with E-state index in [-0.39, 0.29) is 24.8 Å². The van der Waals surface area contributed by atoms with E-state index >= 15 is 0 Å². The molecule has 7 heteroatoms. The lowest BCUT2D eigenvalue weighted by atomic mass is 10.0. The maximum Gasteiger partial charge on any atom is 0.262 e. The molecule has 0 spiro atoms. The fraction of sp³-hybridized carbons (Fsp3) is 0.304. The highest BCUT2D eigenvalue weighted by atomic mass is 16.2. The van der Waals surface area contributed by atoms with Crippen molar-refractivity contribution in [2.24, 2.45) is 5.92 Å². The highest BCUT2D eigenvalue weighted by molar-refractivity contribution is 6.22. The summed E-state index contributed by atoms with van der Waals surface area (Å²) in [5.41, 5.74) is 1.46. The predicted molar refractivity (Wildman–Crippen MR) is 110 cm³/mol. The summed E-state index contributed by atoms with van der Waals surface area (Å²) >= 11 is 0. The van der Waals surface area contributed by atoms with Crippen molar-refractivity contribution in [2.75, 3.05) is 13.1 Å². The molecule has 0 bridgehead atoms. The normalized spacial score (nSPS) is 16.2. The molecule has 4 rings (SSSR count). The largest absolute Gasteiger partial charge is 0.354 e. The number of amides is 4. The third-order valence-corrected chi connectivity index (χ3v) is 5.38. The van der Waals surface area contributed by atoms with Gasteiger partial charge in [-0.25, -0.2) is 0 Å². The summed E-state index contributed by atoms with van der Waals surface area (Å²) in [6.07, 6.45) is 2.04. The topological polar surface area (TPSA) is 95.6 Å². The number of fused-ring (bicyclic) bond motifs is 1. The van der Waals surface area contributed by atoms with Crippen LogP contribution in [-0.2, 0) is 16.0 Å². The molecule has 1 unspecified atom stereocenters. The number of nitrogens with zero attached hydrogens (tertiary/aromatic N) is 1. The van der Waals surface area contributed by atoms with Gasteiger partial charge in [0.25, 0.3) is 11.8 Å². The van der Waals surface area contributed by atoms with Crippen LogP contribution >= 0.6 is 0 Å². The van der Waals surface area contributed by atoms with Crippen LogP contribution in [0.3, 0.4) is 0 Å². The maximum absolute atomic E-state index is 13.0. The molecule has 1 saturated carbocycles. The number of imide groups is 1. The summed E-state index contributed by atoms with van der Waals surface area (Å²) in [5, 5.41) is 5.55. The van der Waals surface area contributed by atoms with Crippen molar-refractivity contribution in [3.63, 3.8) is 0 Å². The Morgan fingerprint density at radius 1 is 0.867 bits per heavy atom. The molecule has 30 heavy (non-hydrogen) atoms. The summed E-state index contributed by atoms with van der Waals surface area (Å²) in [6.45, 7) is 0.535. The van der Waals surface area contributed by atoms with Gasteiger partial charge in [-0.05, 0) is 30.5 Å².